The molecule has 0 fully saturated rings. The zero-order valence-electron chi connectivity index (χ0n) is 16.1. The summed E-state index contributed by atoms with van der Waals surface area (Å²) in [6.07, 6.45) is 0.717. The summed E-state index contributed by atoms with van der Waals surface area (Å²) in [6.45, 7) is 2.13. The Hall–Kier alpha value is -3.11. The van der Waals surface area contributed by atoms with E-state index in [1.54, 1.807) is 0 Å². The van der Waals surface area contributed by atoms with Crippen molar-refractivity contribution in [3.63, 3.8) is 0 Å². The molecule has 3 aromatic carbocycles. The van der Waals surface area contributed by atoms with Gasteiger partial charge in [-0.2, -0.15) is 0 Å². The highest BCUT2D eigenvalue weighted by Gasteiger charge is 2.14. The molecule has 1 heterocycles. The molecule has 1 aromatic heterocycles. The van der Waals surface area contributed by atoms with Gasteiger partial charge < -0.3 is 9.88 Å². The predicted molar refractivity (Wildman–Crippen MR) is 118 cm³/mol. The van der Waals surface area contributed by atoms with Crippen molar-refractivity contribution < 1.29 is 4.79 Å². The molecule has 0 aliphatic rings. The number of nitrogens with zero attached hydrogens (tertiary/aromatic N) is 1. The van der Waals surface area contributed by atoms with E-state index in [0.29, 0.717) is 22.2 Å². The van der Waals surface area contributed by atoms with E-state index in [0.717, 1.165) is 16.6 Å². The molecule has 4 rings (SSSR count). The maximum absolute atomic E-state index is 12.8. The van der Waals surface area contributed by atoms with Gasteiger partial charge in [-0.3, -0.25) is 9.59 Å². The van der Waals surface area contributed by atoms with Gasteiger partial charge in [-0.15, -0.1) is 0 Å². The Kier molecular flexibility index (Phi) is 5.36. The highest BCUT2D eigenvalue weighted by atomic mass is 35.5. The first-order chi connectivity index (χ1) is 14.0. The standard InChI is InChI=1S/C24H21ClN2O2/c1-16(14-17-10-12-18(25)13-11-17)26-23(28)15-27-21-8-4-2-6-19(21)24(29)20-7-3-5-9-22(20)27/h2-13,16H,14-15H2,1H3,(H,26,28). The minimum Gasteiger partial charge on any atom is -0.352 e. The molecule has 1 unspecified atom stereocenters. The first-order valence-electron chi connectivity index (χ1n) is 9.57. The molecule has 146 valence electrons. The lowest BCUT2D eigenvalue weighted by Crippen LogP contribution is -2.36. The summed E-state index contributed by atoms with van der Waals surface area (Å²) in [4.78, 5) is 25.6. The summed E-state index contributed by atoms with van der Waals surface area (Å²) >= 11 is 5.93. The number of halogens is 1. The van der Waals surface area contributed by atoms with Gasteiger partial charge in [0.2, 0.25) is 5.91 Å². The first-order valence-corrected chi connectivity index (χ1v) is 9.95. The molecule has 4 nitrogen and oxygen atoms in total. The Morgan fingerprint density at radius 3 is 2.07 bits per heavy atom. The van der Waals surface area contributed by atoms with E-state index in [9.17, 15) is 9.59 Å². The molecule has 0 aliphatic heterocycles. The van der Waals surface area contributed by atoms with Crippen LogP contribution in [-0.4, -0.2) is 16.5 Å². The van der Waals surface area contributed by atoms with Crippen LogP contribution in [0, 0.1) is 0 Å². The van der Waals surface area contributed by atoms with E-state index in [2.05, 4.69) is 5.32 Å². The Morgan fingerprint density at radius 2 is 1.48 bits per heavy atom. The second-order valence-electron chi connectivity index (χ2n) is 7.25. The molecule has 1 amide bonds. The lowest BCUT2D eigenvalue weighted by Gasteiger charge is -2.18. The van der Waals surface area contributed by atoms with Gasteiger partial charge in [0.05, 0.1) is 11.0 Å². The number of aromatic nitrogens is 1. The number of amides is 1. The number of hydrogen-bond donors (Lipinski definition) is 1. The average Bonchev–Trinajstić information content (AvgIpc) is 2.73. The van der Waals surface area contributed by atoms with Gasteiger partial charge in [0.1, 0.15) is 6.54 Å². The molecule has 0 saturated heterocycles. The van der Waals surface area contributed by atoms with Gasteiger partial charge >= 0.3 is 0 Å². The zero-order chi connectivity index (χ0) is 20.4. The molecule has 0 spiro atoms. The van der Waals surface area contributed by atoms with E-state index >= 15 is 0 Å². The fourth-order valence-electron chi connectivity index (χ4n) is 3.74. The topological polar surface area (TPSA) is 51.1 Å². The smallest absolute Gasteiger partial charge is 0.240 e. The third-order valence-corrected chi connectivity index (χ3v) is 5.30. The van der Waals surface area contributed by atoms with E-state index in [1.807, 2.05) is 84.3 Å². The summed E-state index contributed by atoms with van der Waals surface area (Å²) < 4.78 is 1.91. The van der Waals surface area contributed by atoms with Crippen LogP contribution in [0.1, 0.15) is 12.5 Å². The number of para-hydroxylation sites is 2. The summed E-state index contributed by atoms with van der Waals surface area (Å²) in [5, 5.41) is 5.00. The van der Waals surface area contributed by atoms with Crippen LogP contribution in [0.2, 0.25) is 5.02 Å². The van der Waals surface area contributed by atoms with Crippen LogP contribution in [0.5, 0.6) is 0 Å². The Labute approximate surface area is 173 Å². The maximum Gasteiger partial charge on any atom is 0.240 e. The molecule has 0 saturated carbocycles. The first kappa shape index (κ1) is 19.2. The Balaban J connectivity index is 1.61. The number of nitrogens with one attached hydrogen (secondary N) is 1. The van der Waals surface area contributed by atoms with Crippen LogP contribution < -0.4 is 10.7 Å². The largest absolute Gasteiger partial charge is 0.352 e. The van der Waals surface area contributed by atoms with Crippen molar-refractivity contribution in [1.29, 1.82) is 0 Å². The molecule has 1 N–H and O–H groups in total. The minimum atomic E-state index is -0.0922. The second kappa shape index (κ2) is 8.10. The lowest BCUT2D eigenvalue weighted by atomic mass is 10.1. The van der Waals surface area contributed by atoms with Gasteiger partial charge in [0.25, 0.3) is 0 Å². The minimum absolute atomic E-state index is 0.0102. The monoisotopic (exact) mass is 404 g/mol. The molecule has 5 heteroatoms. The molecule has 1 atom stereocenters. The number of pyridine rings is 1. The molecule has 0 aliphatic carbocycles. The number of carbonyl (C=O) groups excluding carboxylic acids is 1. The fourth-order valence-corrected chi connectivity index (χ4v) is 3.86. The highest BCUT2D eigenvalue weighted by molar-refractivity contribution is 6.30. The summed E-state index contributed by atoms with van der Waals surface area (Å²) in [7, 11) is 0. The molecule has 4 aromatic rings. The Bertz CT molecular complexity index is 1190. The van der Waals surface area contributed by atoms with Gasteiger partial charge in [0.15, 0.2) is 5.43 Å². The SMILES string of the molecule is CC(Cc1ccc(Cl)cc1)NC(=O)Cn1c2ccccc2c(=O)c2ccccc21. The van der Waals surface area contributed by atoms with Crippen molar-refractivity contribution in [2.75, 3.05) is 0 Å². The van der Waals surface area contributed by atoms with Crippen molar-refractivity contribution in [3.8, 4) is 0 Å². The third kappa shape index (κ3) is 4.03. The third-order valence-electron chi connectivity index (χ3n) is 5.04. The van der Waals surface area contributed by atoms with Crippen LogP contribution in [-0.2, 0) is 17.8 Å². The quantitative estimate of drug-likeness (QED) is 0.496. The molecule has 29 heavy (non-hydrogen) atoms. The number of rotatable bonds is 5. The van der Waals surface area contributed by atoms with Gasteiger partial charge in [-0.05, 0) is 55.3 Å². The lowest BCUT2D eigenvalue weighted by molar-refractivity contribution is -0.122. The van der Waals surface area contributed by atoms with Crippen LogP contribution >= 0.6 is 11.6 Å². The molecule has 0 bridgehead atoms. The zero-order valence-corrected chi connectivity index (χ0v) is 16.8. The normalized spacial score (nSPS) is 12.2. The van der Waals surface area contributed by atoms with Crippen LogP contribution in [0.4, 0.5) is 0 Å². The van der Waals surface area contributed by atoms with E-state index in [1.165, 1.54) is 0 Å². The van der Waals surface area contributed by atoms with E-state index in [-0.39, 0.29) is 23.9 Å². The second-order valence-corrected chi connectivity index (χ2v) is 7.69. The highest BCUT2D eigenvalue weighted by Crippen LogP contribution is 2.19. The van der Waals surface area contributed by atoms with Gasteiger partial charge in [-0.25, -0.2) is 0 Å². The average molecular weight is 405 g/mol. The molecular formula is C24H21ClN2O2. The van der Waals surface area contributed by atoms with Gasteiger partial charge in [0, 0.05) is 21.8 Å². The summed E-state index contributed by atoms with van der Waals surface area (Å²) in [5.41, 5.74) is 2.62. The fraction of sp³-hybridized carbons (Fsp3) is 0.167. The predicted octanol–water partition coefficient (Wildman–Crippen LogP) is 4.56. The van der Waals surface area contributed by atoms with Crippen molar-refractivity contribution in [2.24, 2.45) is 0 Å². The number of benzene rings is 3. The van der Waals surface area contributed by atoms with E-state index in [4.69, 9.17) is 11.6 Å². The summed E-state index contributed by atoms with van der Waals surface area (Å²) in [6, 6.07) is 22.4. The number of carbonyl (C=O) groups is 1. The maximum atomic E-state index is 12.8. The van der Waals surface area contributed by atoms with Crippen molar-refractivity contribution >= 4 is 39.3 Å². The molecule has 0 radical (unpaired) electrons. The summed E-state index contributed by atoms with van der Waals surface area (Å²) in [5.74, 6) is -0.0922. The number of hydrogen-bond acceptors (Lipinski definition) is 2. The molecular weight excluding hydrogens is 384 g/mol. The van der Waals surface area contributed by atoms with Crippen molar-refractivity contribution in [2.45, 2.75) is 25.9 Å². The Morgan fingerprint density at radius 1 is 0.931 bits per heavy atom. The van der Waals surface area contributed by atoms with Gasteiger partial charge in [-0.1, -0.05) is 48.0 Å². The van der Waals surface area contributed by atoms with Crippen LogP contribution in [0.25, 0.3) is 21.8 Å². The van der Waals surface area contributed by atoms with Crippen molar-refractivity contribution in [3.05, 3.63) is 93.6 Å². The van der Waals surface area contributed by atoms with E-state index < -0.39 is 0 Å². The number of fused-ring (bicyclic) bond motifs is 2. The van der Waals surface area contributed by atoms with Crippen molar-refractivity contribution in [1.82, 2.24) is 9.88 Å². The van der Waals surface area contributed by atoms with Crippen LogP contribution in [0.15, 0.2) is 77.6 Å². The van der Waals surface area contributed by atoms with Crippen LogP contribution in [0.3, 0.4) is 0 Å².